The molecule has 0 aliphatic rings. The Labute approximate surface area is 113 Å². The zero-order valence-corrected chi connectivity index (χ0v) is 11.5. The van der Waals surface area contributed by atoms with Gasteiger partial charge in [0.05, 0.1) is 12.5 Å². The lowest BCUT2D eigenvalue weighted by Gasteiger charge is -2.11. The molecule has 0 radical (unpaired) electrons. The van der Waals surface area contributed by atoms with Crippen molar-refractivity contribution in [3.8, 4) is 0 Å². The van der Waals surface area contributed by atoms with Gasteiger partial charge >= 0.3 is 0 Å². The second-order valence-electron chi connectivity index (χ2n) is 4.61. The van der Waals surface area contributed by atoms with Crippen molar-refractivity contribution in [2.24, 2.45) is 7.05 Å². The third kappa shape index (κ3) is 4.54. The van der Waals surface area contributed by atoms with Crippen molar-refractivity contribution in [1.29, 1.82) is 0 Å². The highest BCUT2D eigenvalue weighted by Crippen LogP contribution is 2.09. The number of ether oxygens (including phenoxy) is 1. The standard InChI is InChI=1S/C14H21N3O2/c1-12(13-9-16-17(2)10-13)15-6-4-7-18-11-14-5-3-8-19-14/h3,5,8-10,12,15H,4,6-7,11H2,1-2H3. The van der Waals surface area contributed by atoms with Crippen molar-refractivity contribution in [1.82, 2.24) is 15.1 Å². The molecule has 0 aliphatic heterocycles. The molecule has 5 heteroatoms. The molecule has 2 aromatic rings. The van der Waals surface area contributed by atoms with Gasteiger partial charge in [-0.3, -0.25) is 4.68 Å². The van der Waals surface area contributed by atoms with E-state index in [1.54, 1.807) is 6.26 Å². The van der Waals surface area contributed by atoms with Crippen LogP contribution in [0.1, 0.15) is 30.7 Å². The number of nitrogens with one attached hydrogen (secondary N) is 1. The minimum absolute atomic E-state index is 0.318. The molecule has 19 heavy (non-hydrogen) atoms. The molecule has 0 saturated carbocycles. The van der Waals surface area contributed by atoms with Crippen LogP contribution < -0.4 is 5.32 Å². The van der Waals surface area contributed by atoms with Crippen LogP contribution in [0.15, 0.2) is 35.2 Å². The lowest BCUT2D eigenvalue weighted by Crippen LogP contribution is -2.20. The van der Waals surface area contributed by atoms with E-state index in [1.807, 2.05) is 36.3 Å². The molecule has 0 spiro atoms. The van der Waals surface area contributed by atoms with Gasteiger partial charge in [0, 0.05) is 31.5 Å². The average Bonchev–Trinajstić information content (AvgIpc) is 3.04. The molecule has 2 aromatic heterocycles. The molecule has 0 aromatic carbocycles. The first-order chi connectivity index (χ1) is 9.25. The first kappa shape index (κ1) is 13.8. The summed E-state index contributed by atoms with van der Waals surface area (Å²) in [4.78, 5) is 0. The second-order valence-corrected chi connectivity index (χ2v) is 4.61. The first-order valence-corrected chi connectivity index (χ1v) is 6.58. The number of hydrogen-bond donors (Lipinski definition) is 1. The van der Waals surface area contributed by atoms with E-state index in [1.165, 1.54) is 5.56 Å². The third-order valence-corrected chi connectivity index (χ3v) is 2.97. The lowest BCUT2D eigenvalue weighted by molar-refractivity contribution is 0.104. The van der Waals surface area contributed by atoms with E-state index in [2.05, 4.69) is 17.3 Å². The van der Waals surface area contributed by atoms with Crippen molar-refractivity contribution in [3.63, 3.8) is 0 Å². The van der Waals surface area contributed by atoms with Crippen LogP contribution in [0.5, 0.6) is 0 Å². The molecule has 0 aliphatic carbocycles. The summed E-state index contributed by atoms with van der Waals surface area (Å²) in [6, 6.07) is 4.11. The largest absolute Gasteiger partial charge is 0.467 e. The normalized spacial score (nSPS) is 12.7. The average molecular weight is 263 g/mol. The van der Waals surface area contributed by atoms with Gasteiger partial charge in [-0.15, -0.1) is 0 Å². The third-order valence-electron chi connectivity index (χ3n) is 2.97. The van der Waals surface area contributed by atoms with Gasteiger partial charge in [0.2, 0.25) is 0 Å². The zero-order chi connectivity index (χ0) is 13.5. The minimum atomic E-state index is 0.318. The van der Waals surface area contributed by atoms with Crippen LogP contribution in [-0.2, 0) is 18.4 Å². The Morgan fingerprint density at radius 3 is 3.11 bits per heavy atom. The molecule has 1 unspecified atom stereocenters. The number of hydrogen-bond acceptors (Lipinski definition) is 4. The van der Waals surface area contributed by atoms with Crippen molar-refractivity contribution in [3.05, 3.63) is 42.1 Å². The topological polar surface area (TPSA) is 52.2 Å². The van der Waals surface area contributed by atoms with Crippen molar-refractivity contribution in [2.45, 2.75) is 26.0 Å². The van der Waals surface area contributed by atoms with Gasteiger partial charge in [-0.25, -0.2) is 0 Å². The predicted octanol–water partition coefficient (Wildman–Crippen LogP) is 2.27. The molecule has 1 N–H and O–H groups in total. The van der Waals surface area contributed by atoms with Gasteiger partial charge in [0.1, 0.15) is 12.4 Å². The Morgan fingerprint density at radius 1 is 1.53 bits per heavy atom. The summed E-state index contributed by atoms with van der Waals surface area (Å²) in [5.41, 5.74) is 1.21. The molecule has 0 fully saturated rings. The highest BCUT2D eigenvalue weighted by molar-refractivity contribution is 5.08. The van der Waals surface area contributed by atoms with E-state index in [0.29, 0.717) is 12.6 Å². The molecular weight excluding hydrogens is 242 g/mol. The fraction of sp³-hybridized carbons (Fsp3) is 0.500. The Bertz CT molecular complexity index is 465. The number of aromatic nitrogens is 2. The minimum Gasteiger partial charge on any atom is -0.467 e. The smallest absolute Gasteiger partial charge is 0.129 e. The Balaban J connectivity index is 1.54. The van der Waals surface area contributed by atoms with Crippen molar-refractivity contribution >= 4 is 0 Å². The highest BCUT2D eigenvalue weighted by Gasteiger charge is 2.05. The lowest BCUT2D eigenvalue weighted by atomic mass is 10.2. The molecular formula is C14H21N3O2. The maximum Gasteiger partial charge on any atom is 0.129 e. The SMILES string of the molecule is CC(NCCCOCc1ccco1)c1cnn(C)c1. The summed E-state index contributed by atoms with van der Waals surface area (Å²) in [6.07, 6.45) is 6.57. The number of rotatable bonds is 8. The summed E-state index contributed by atoms with van der Waals surface area (Å²) in [7, 11) is 1.93. The van der Waals surface area contributed by atoms with Gasteiger partial charge in [0.25, 0.3) is 0 Å². The fourth-order valence-electron chi connectivity index (χ4n) is 1.84. The van der Waals surface area contributed by atoms with Gasteiger partial charge in [-0.2, -0.15) is 5.10 Å². The van der Waals surface area contributed by atoms with E-state index in [-0.39, 0.29) is 0 Å². The molecule has 0 saturated heterocycles. The van der Waals surface area contributed by atoms with E-state index in [0.717, 1.165) is 25.3 Å². The summed E-state index contributed by atoms with van der Waals surface area (Å²) in [5.74, 6) is 0.872. The zero-order valence-electron chi connectivity index (χ0n) is 11.5. The van der Waals surface area contributed by atoms with Gasteiger partial charge < -0.3 is 14.5 Å². The molecule has 2 rings (SSSR count). The molecule has 0 bridgehead atoms. The second kappa shape index (κ2) is 7.11. The Morgan fingerprint density at radius 2 is 2.42 bits per heavy atom. The summed E-state index contributed by atoms with van der Waals surface area (Å²) in [5, 5.41) is 7.61. The van der Waals surface area contributed by atoms with Crippen LogP contribution in [0, 0.1) is 0 Å². The van der Waals surface area contributed by atoms with Crippen LogP contribution in [0.3, 0.4) is 0 Å². The van der Waals surface area contributed by atoms with Crippen LogP contribution in [0.4, 0.5) is 0 Å². The maximum atomic E-state index is 5.52. The molecule has 104 valence electrons. The molecule has 5 nitrogen and oxygen atoms in total. The number of aryl methyl sites for hydroxylation is 1. The van der Waals surface area contributed by atoms with Crippen LogP contribution in [0.25, 0.3) is 0 Å². The van der Waals surface area contributed by atoms with E-state index in [9.17, 15) is 0 Å². The van der Waals surface area contributed by atoms with Crippen LogP contribution >= 0.6 is 0 Å². The first-order valence-electron chi connectivity index (χ1n) is 6.58. The van der Waals surface area contributed by atoms with Crippen molar-refractivity contribution < 1.29 is 9.15 Å². The summed E-state index contributed by atoms with van der Waals surface area (Å²) < 4.78 is 12.5. The Kier molecular flexibility index (Phi) is 5.18. The number of nitrogens with zero attached hydrogens (tertiary/aromatic N) is 2. The molecule has 1 atom stereocenters. The molecule has 2 heterocycles. The number of furan rings is 1. The van der Waals surface area contributed by atoms with E-state index < -0.39 is 0 Å². The monoisotopic (exact) mass is 263 g/mol. The van der Waals surface area contributed by atoms with E-state index >= 15 is 0 Å². The van der Waals surface area contributed by atoms with Gasteiger partial charge in [-0.1, -0.05) is 0 Å². The van der Waals surface area contributed by atoms with Gasteiger partial charge in [-0.05, 0) is 32.0 Å². The predicted molar refractivity (Wildman–Crippen MR) is 72.6 cm³/mol. The Hall–Kier alpha value is -1.59. The van der Waals surface area contributed by atoms with Gasteiger partial charge in [0.15, 0.2) is 0 Å². The quantitative estimate of drug-likeness (QED) is 0.742. The summed E-state index contributed by atoms with van der Waals surface area (Å²) in [6.45, 7) is 4.34. The highest BCUT2D eigenvalue weighted by atomic mass is 16.5. The van der Waals surface area contributed by atoms with Crippen LogP contribution in [0.2, 0.25) is 0 Å². The maximum absolute atomic E-state index is 5.52. The van der Waals surface area contributed by atoms with Crippen molar-refractivity contribution in [2.75, 3.05) is 13.2 Å². The molecule has 0 amide bonds. The van der Waals surface area contributed by atoms with Crippen LogP contribution in [-0.4, -0.2) is 22.9 Å². The summed E-state index contributed by atoms with van der Waals surface area (Å²) >= 11 is 0. The van der Waals surface area contributed by atoms with E-state index in [4.69, 9.17) is 9.15 Å². The fourth-order valence-corrected chi connectivity index (χ4v) is 1.84.